The zero-order chi connectivity index (χ0) is 13.8. The summed E-state index contributed by atoms with van der Waals surface area (Å²) in [5.41, 5.74) is 7.72. The first-order valence-corrected chi connectivity index (χ1v) is 6.60. The largest absolute Gasteiger partial charge is 0.328 e. The number of benzene rings is 2. The van der Waals surface area contributed by atoms with Crippen LogP contribution in [0.2, 0.25) is 0 Å². The van der Waals surface area contributed by atoms with E-state index < -0.39 is 0 Å². The third kappa shape index (κ3) is 3.80. The molecule has 0 saturated carbocycles. The van der Waals surface area contributed by atoms with Crippen molar-refractivity contribution in [2.45, 2.75) is 32.7 Å². The van der Waals surface area contributed by atoms with Crippen molar-refractivity contribution in [3.05, 3.63) is 42.0 Å². The Balaban J connectivity index is 2.09. The van der Waals surface area contributed by atoms with E-state index in [9.17, 15) is 4.79 Å². The second kappa shape index (κ2) is 5.85. The van der Waals surface area contributed by atoms with Crippen molar-refractivity contribution in [1.29, 1.82) is 0 Å². The maximum atomic E-state index is 11.7. The SMILES string of the molecule is Cc1ccc2cc(NC(=O)CCC(C)N)ccc2c1. The molecule has 0 bridgehead atoms. The summed E-state index contributed by atoms with van der Waals surface area (Å²) < 4.78 is 0. The number of nitrogens with two attached hydrogens (primary N) is 1. The molecule has 2 rings (SSSR count). The molecule has 0 radical (unpaired) electrons. The van der Waals surface area contributed by atoms with Crippen LogP contribution in [-0.4, -0.2) is 11.9 Å². The van der Waals surface area contributed by atoms with Crippen molar-refractivity contribution in [1.82, 2.24) is 0 Å². The van der Waals surface area contributed by atoms with Gasteiger partial charge in [-0.3, -0.25) is 4.79 Å². The molecule has 0 spiro atoms. The summed E-state index contributed by atoms with van der Waals surface area (Å²) in [6.45, 7) is 3.98. The van der Waals surface area contributed by atoms with Crippen LogP contribution >= 0.6 is 0 Å². The second-order valence-corrected chi connectivity index (χ2v) is 5.13. The first-order chi connectivity index (χ1) is 9.04. The third-order valence-corrected chi connectivity index (χ3v) is 3.11. The Morgan fingerprint density at radius 3 is 2.63 bits per heavy atom. The molecule has 3 nitrogen and oxygen atoms in total. The predicted octanol–water partition coefficient (Wildman–Crippen LogP) is 3.21. The molecular formula is C16H20N2O. The smallest absolute Gasteiger partial charge is 0.224 e. The molecule has 3 N–H and O–H groups in total. The van der Waals surface area contributed by atoms with E-state index in [0.29, 0.717) is 12.8 Å². The summed E-state index contributed by atoms with van der Waals surface area (Å²) in [5, 5.41) is 5.23. The van der Waals surface area contributed by atoms with E-state index in [4.69, 9.17) is 5.73 Å². The zero-order valence-corrected chi connectivity index (χ0v) is 11.4. The Bertz CT molecular complexity index is 590. The number of carbonyl (C=O) groups excluding carboxylic acids is 1. The molecule has 0 saturated heterocycles. The van der Waals surface area contributed by atoms with Crippen LogP contribution in [0, 0.1) is 6.92 Å². The van der Waals surface area contributed by atoms with E-state index in [-0.39, 0.29) is 11.9 Å². The monoisotopic (exact) mass is 256 g/mol. The Morgan fingerprint density at radius 2 is 1.89 bits per heavy atom. The van der Waals surface area contributed by atoms with Gasteiger partial charge in [-0.1, -0.05) is 29.8 Å². The molecule has 100 valence electrons. The second-order valence-electron chi connectivity index (χ2n) is 5.13. The first kappa shape index (κ1) is 13.6. The minimum absolute atomic E-state index is 0.0174. The fourth-order valence-corrected chi connectivity index (χ4v) is 2.03. The Hall–Kier alpha value is -1.87. The van der Waals surface area contributed by atoms with Gasteiger partial charge in [0.2, 0.25) is 5.91 Å². The number of carbonyl (C=O) groups is 1. The number of hydrogen-bond acceptors (Lipinski definition) is 2. The van der Waals surface area contributed by atoms with Crippen LogP contribution in [0.1, 0.15) is 25.3 Å². The summed E-state index contributed by atoms with van der Waals surface area (Å²) in [6.07, 6.45) is 1.17. The first-order valence-electron chi connectivity index (χ1n) is 6.60. The molecule has 2 aromatic carbocycles. The maximum absolute atomic E-state index is 11.7. The van der Waals surface area contributed by atoms with Crippen molar-refractivity contribution in [2.75, 3.05) is 5.32 Å². The third-order valence-electron chi connectivity index (χ3n) is 3.11. The van der Waals surface area contributed by atoms with Gasteiger partial charge in [0.05, 0.1) is 0 Å². The normalized spacial score (nSPS) is 12.4. The lowest BCUT2D eigenvalue weighted by atomic mass is 10.1. The molecule has 0 heterocycles. The molecule has 19 heavy (non-hydrogen) atoms. The number of amides is 1. The summed E-state index contributed by atoms with van der Waals surface area (Å²) in [4.78, 5) is 11.7. The minimum atomic E-state index is 0.0174. The lowest BCUT2D eigenvalue weighted by molar-refractivity contribution is -0.116. The molecule has 1 unspecified atom stereocenters. The molecule has 0 aliphatic carbocycles. The van der Waals surface area contributed by atoms with E-state index in [1.807, 2.05) is 25.1 Å². The highest BCUT2D eigenvalue weighted by atomic mass is 16.1. The van der Waals surface area contributed by atoms with Crippen LogP contribution < -0.4 is 11.1 Å². The van der Waals surface area contributed by atoms with Crippen LogP contribution in [0.3, 0.4) is 0 Å². The molecular weight excluding hydrogens is 236 g/mol. The predicted molar refractivity (Wildman–Crippen MR) is 80.2 cm³/mol. The molecule has 1 amide bonds. The van der Waals surface area contributed by atoms with Crippen molar-refractivity contribution in [3.8, 4) is 0 Å². The maximum Gasteiger partial charge on any atom is 0.224 e. The van der Waals surface area contributed by atoms with Gasteiger partial charge in [-0.05, 0) is 43.2 Å². The quantitative estimate of drug-likeness (QED) is 0.882. The lowest BCUT2D eigenvalue weighted by Gasteiger charge is -2.08. The number of anilines is 1. The van der Waals surface area contributed by atoms with Crippen LogP contribution in [-0.2, 0) is 4.79 Å². The average Bonchev–Trinajstić information content (AvgIpc) is 2.36. The van der Waals surface area contributed by atoms with Gasteiger partial charge in [-0.2, -0.15) is 0 Å². The number of fused-ring (bicyclic) bond motifs is 1. The molecule has 0 aromatic heterocycles. The van der Waals surface area contributed by atoms with Crippen molar-refractivity contribution in [3.63, 3.8) is 0 Å². The van der Waals surface area contributed by atoms with Crippen LogP contribution in [0.25, 0.3) is 10.8 Å². The van der Waals surface area contributed by atoms with Crippen molar-refractivity contribution < 1.29 is 4.79 Å². The van der Waals surface area contributed by atoms with Gasteiger partial charge in [-0.15, -0.1) is 0 Å². The number of rotatable bonds is 4. The van der Waals surface area contributed by atoms with Gasteiger partial charge in [0.1, 0.15) is 0 Å². The van der Waals surface area contributed by atoms with E-state index in [1.165, 1.54) is 10.9 Å². The molecule has 0 aliphatic rings. The highest BCUT2D eigenvalue weighted by Crippen LogP contribution is 2.20. The van der Waals surface area contributed by atoms with Gasteiger partial charge < -0.3 is 11.1 Å². The topological polar surface area (TPSA) is 55.1 Å². The van der Waals surface area contributed by atoms with E-state index >= 15 is 0 Å². The van der Waals surface area contributed by atoms with Gasteiger partial charge in [0, 0.05) is 18.2 Å². The Labute approximate surface area is 113 Å². The average molecular weight is 256 g/mol. The van der Waals surface area contributed by atoms with Gasteiger partial charge in [-0.25, -0.2) is 0 Å². The summed E-state index contributed by atoms with van der Waals surface area (Å²) in [7, 11) is 0. The Morgan fingerprint density at radius 1 is 1.21 bits per heavy atom. The van der Waals surface area contributed by atoms with Crippen molar-refractivity contribution in [2.24, 2.45) is 5.73 Å². The summed E-state index contributed by atoms with van der Waals surface area (Å²) in [6, 6.07) is 12.3. The molecule has 0 fully saturated rings. The summed E-state index contributed by atoms with van der Waals surface area (Å²) in [5.74, 6) is 0.0174. The van der Waals surface area contributed by atoms with Crippen molar-refractivity contribution >= 4 is 22.4 Å². The van der Waals surface area contributed by atoms with E-state index in [2.05, 4.69) is 30.4 Å². The fraction of sp³-hybridized carbons (Fsp3) is 0.312. The van der Waals surface area contributed by atoms with E-state index in [0.717, 1.165) is 11.1 Å². The van der Waals surface area contributed by atoms with Crippen LogP contribution in [0.4, 0.5) is 5.69 Å². The van der Waals surface area contributed by atoms with Crippen LogP contribution in [0.15, 0.2) is 36.4 Å². The Kier molecular flexibility index (Phi) is 4.17. The number of aryl methyl sites for hydroxylation is 1. The molecule has 1 atom stereocenters. The highest BCUT2D eigenvalue weighted by molar-refractivity contribution is 5.94. The summed E-state index contributed by atoms with van der Waals surface area (Å²) >= 11 is 0. The number of hydrogen-bond donors (Lipinski definition) is 2. The molecule has 2 aromatic rings. The standard InChI is InChI=1S/C16H20N2O/c1-11-3-5-14-10-15(7-6-13(14)9-11)18-16(19)8-4-12(2)17/h3,5-7,9-10,12H,4,8,17H2,1-2H3,(H,18,19). The van der Waals surface area contributed by atoms with Gasteiger partial charge in [0.25, 0.3) is 0 Å². The van der Waals surface area contributed by atoms with E-state index in [1.54, 1.807) is 0 Å². The van der Waals surface area contributed by atoms with Gasteiger partial charge >= 0.3 is 0 Å². The van der Waals surface area contributed by atoms with Gasteiger partial charge in [0.15, 0.2) is 0 Å². The molecule has 3 heteroatoms. The fourth-order valence-electron chi connectivity index (χ4n) is 2.03. The van der Waals surface area contributed by atoms with Crippen LogP contribution in [0.5, 0.6) is 0 Å². The zero-order valence-electron chi connectivity index (χ0n) is 11.4. The minimum Gasteiger partial charge on any atom is -0.328 e. The lowest BCUT2D eigenvalue weighted by Crippen LogP contribution is -2.19. The number of nitrogens with one attached hydrogen (secondary N) is 1. The highest BCUT2D eigenvalue weighted by Gasteiger charge is 2.04. The molecule has 0 aliphatic heterocycles.